The van der Waals surface area contributed by atoms with Gasteiger partial charge in [-0.1, -0.05) is 60.1 Å². The molecule has 1 aliphatic carbocycles. The number of amides is 1. The number of nitrogens with zero attached hydrogens (tertiary/aromatic N) is 2. The van der Waals surface area contributed by atoms with Crippen LogP contribution in [0.3, 0.4) is 0 Å². The Balaban J connectivity index is 1.61. The van der Waals surface area contributed by atoms with Gasteiger partial charge in [0.15, 0.2) is 5.11 Å². The molecule has 1 aromatic heterocycles. The lowest BCUT2D eigenvalue weighted by molar-refractivity contribution is 0.168. The summed E-state index contributed by atoms with van der Waals surface area (Å²) >= 11 is 11.2. The summed E-state index contributed by atoms with van der Waals surface area (Å²) in [5, 5.41) is 11.6. The van der Waals surface area contributed by atoms with Crippen LogP contribution in [0.4, 0.5) is 4.79 Å². The van der Waals surface area contributed by atoms with Crippen molar-refractivity contribution < 1.29 is 14.1 Å². The molecular weight excluding hydrogens is 466 g/mol. The van der Waals surface area contributed by atoms with E-state index >= 15 is 0 Å². The van der Waals surface area contributed by atoms with Crippen molar-refractivity contribution in [2.45, 2.75) is 5.92 Å². The van der Waals surface area contributed by atoms with Gasteiger partial charge in [-0.15, -0.1) is 0 Å². The summed E-state index contributed by atoms with van der Waals surface area (Å²) in [4.78, 5) is 17.1. The van der Waals surface area contributed by atoms with Crippen molar-refractivity contribution in [3.63, 3.8) is 0 Å². The van der Waals surface area contributed by atoms with Gasteiger partial charge in [-0.3, -0.25) is 9.62 Å². The van der Waals surface area contributed by atoms with Gasteiger partial charge in [0.2, 0.25) is 0 Å². The van der Waals surface area contributed by atoms with Gasteiger partial charge in [0, 0.05) is 35.8 Å². The summed E-state index contributed by atoms with van der Waals surface area (Å²) in [6.45, 7) is 0.104. The molecule has 32 heavy (non-hydrogen) atoms. The maximum Gasteiger partial charge on any atom is 0.413 e. The lowest BCUT2D eigenvalue weighted by Crippen LogP contribution is -2.47. The SMILES string of the molecule is CS(=O)(=Cc1ccc(Cl)nc1)NC(=S)N(CC1c2ccccc2-c2ccccc21)C(=O)O. The molecule has 1 atom stereocenters. The zero-order chi connectivity index (χ0) is 22.9. The van der Waals surface area contributed by atoms with E-state index in [1.807, 2.05) is 48.5 Å². The standard InChI is InChI=1S/C23H20ClN3O3S2/c1-32(30,14-15-10-11-21(24)25-12-15)26-22(31)27(23(28)29)13-20-18-8-4-2-6-16(18)17-7-3-5-9-19(17)20/h2-12,14,20H,13H2,1H3,(H,28,29)(H,26,30,31). The number of rotatable bonds is 4. The number of benzene rings is 2. The smallest absolute Gasteiger partial charge is 0.413 e. The Bertz CT molecular complexity index is 1270. The van der Waals surface area contributed by atoms with E-state index in [1.54, 1.807) is 12.1 Å². The van der Waals surface area contributed by atoms with Gasteiger partial charge in [-0.05, 0) is 46.6 Å². The Kier molecular flexibility index (Phi) is 6.19. The first-order valence-electron chi connectivity index (χ1n) is 9.71. The molecular formula is C23H20ClN3O3S2. The van der Waals surface area contributed by atoms with Crippen molar-refractivity contribution in [1.29, 1.82) is 0 Å². The highest BCUT2D eigenvalue weighted by atomic mass is 35.5. The zero-order valence-electron chi connectivity index (χ0n) is 17.1. The Morgan fingerprint density at radius 3 is 2.28 bits per heavy atom. The van der Waals surface area contributed by atoms with E-state index in [9.17, 15) is 14.1 Å². The Labute approximate surface area is 197 Å². The van der Waals surface area contributed by atoms with E-state index < -0.39 is 15.8 Å². The number of hydrogen-bond acceptors (Lipinski definition) is 4. The molecule has 0 saturated heterocycles. The summed E-state index contributed by atoms with van der Waals surface area (Å²) in [7, 11) is -2.83. The summed E-state index contributed by atoms with van der Waals surface area (Å²) in [5.74, 6) is -0.185. The second kappa shape index (κ2) is 8.90. The molecule has 1 heterocycles. The van der Waals surface area contributed by atoms with Crippen LogP contribution in [0.5, 0.6) is 0 Å². The summed E-state index contributed by atoms with van der Waals surface area (Å²) in [6.07, 6.45) is 1.72. The van der Waals surface area contributed by atoms with Crippen LogP contribution in [0.15, 0.2) is 66.9 Å². The maximum atomic E-state index is 13.1. The molecule has 6 nitrogen and oxygen atoms in total. The summed E-state index contributed by atoms with van der Waals surface area (Å²) in [5.41, 5.74) is 4.83. The molecule has 0 radical (unpaired) electrons. The number of carboxylic acid groups (broad SMARTS) is 1. The van der Waals surface area contributed by atoms with Crippen molar-refractivity contribution in [1.82, 2.24) is 14.6 Å². The third-order valence-electron chi connectivity index (χ3n) is 5.20. The summed E-state index contributed by atoms with van der Waals surface area (Å²) < 4.78 is 15.8. The molecule has 4 rings (SSSR count). The molecule has 1 amide bonds. The van der Waals surface area contributed by atoms with Crippen molar-refractivity contribution in [2.75, 3.05) is 12.8 Å². The first kappa shape index (κ1) is 22.3. The number of halogens is 1. The fourth-order valence-corrected chi connectivity index (χ4v) is 5.80. The molecule has 0 bridgehead atoms. The average molecular weight is 486 g/mol. The van der Waals surface area contributed by atoms with Crippen molar-refractivity contribution in [2.24, 2.45) is 0 Å². The van der Waals surface area contributed by atoms with Gasteiger partial charge in [-0.25, -0.2) is 14.0 Å². The van der Waals surface area contributed by atoms with Gasteiger partial charge in [0.25, 0.3) is 0 Å². The molecule has 1 aliphatic rings. The van der Waals surface area contributed by atoms with Crippen molar-refractivity contribution >= 4 is 50.1 Å². The summed E-state index contributed by atoms with van der Waals surface area (Å²) in [6, 6.07) is 19.1. The molecule has 0 saturated carbocycles. The van der Waals surface area contributed by atoms with Crippen LogP contribution in [-0.2, 0) is 9.71 Å². The second-order valence-corrected chi connectivity index (χ2v) is 10.5. The predicted octanol–water partition coefficient (Wildman–Crippen LogP) is 4.38. The highest BCUT2D eigenvalue weighted by Crippen LogP contribution is 2.44. The molecule has 2 N–H and O–H groups in total. The fourth-order valence-electron chi connectivity index (χ4n) is 3.86. The highest BCUT2D eigenvalue weighted by molar-refractivity contribution is 8.00. The molecule has 2 aromatic carbocycles. The minimum Gasteiger partial charge on any atom is -0.465 e. The van der Waals surface area contributed by atoms with E-state index in [0.29, 0.717) is 10.7 Å². The predicted molar refractivity (Wildman–Crippen MR) is 133 cm³/mol. The first-order chi connectivity index (χ1) is 15.2. The van der Waals surface area contributed by atoms with Crippen LogP contribution in [0.2, 0.25) is 5.15 Å². The van der Waals surface area contributed by atoms with E-state index in [1.165, 1.54) is 17.8 Å². The van der Waals surface area contributed by atoms with E-state index in [4.69, 9.17) is 23.8 Å². The maximum absolute atomic E-state index is 13.1. The van der Waals surface area contributed by atoms with Crippen LogP contribution in [0.25, 0.3) is 11.1 Å². The van der Waals surface area contributed by atoms with Crippen LogP contribution in [0, 0.1) is 0 Å². The van der Waals surface area contributed by atoms with Crippen LogP contribution in [-0.4, -0.2) is 48.6 Å². The van der Waals surface area contributed by atoms with Crippen molar-refractivity contribution in [3.8, 4) is 11.1 Å². The molecule has 1 unspecified atom stereocenters. The molecule has 3 aromatic rings. The van der Waals surface area contributed by atoms with Crippen LogP contribution >= 0.6 is 23.8 Å². The third kappa shape index (κ3) is 4.62. The quantitative estimate of drug-likeness (QED) is 0.423. The lowest BCUT2D eigenvalue weighted by atomic mass is 9.96. The number of pyridine rings is 1. The molecule has 0 aliphatic heterocycles. The van der Waals surface area contributed by atoms with Crippen molar-refractivity contribution in [3.05, 3.63) is 88.7 Å². The Hall–Kier alpha value is -2.94. The van der Waals surface area contributed by atoms with Gasteiger partial charge < -0.3 is 5.11 Å². The number of thiocarbonyl (C=S) groups is 1. The average Bonchev–Trinajstić information content (AvgIpc) is 3.06. The van der Waals surface area contributed by atoms with Gasteiger partial charge >= 0.3 is 6.09 Å². The molecule has 9 heteroatoms. The van der Waals surface area contributed by atoms with E-state index in [-0.39, 0.29) is 17.6 Å². The topological polar surface area (TPSA) is 82.5 Å². The number of fused-ring (bicyclic) bond motifs is 3. The van der Waals surface area contributed by atoms with E-state index in [2.05, 4.69) is 9.71 Å². The number of carbonyl (C=O) groups is 1. The monoisotopic (exact) mass is 485 g/mol. The van der Waals surface area contributed by atoms with Crippen LogP contribution in [0.1, 0.15) is 22.6 Å². The Morgan fingerprint density at radius 2 is 1.75 bits per heavy atom. The molecule has 0 fully saturated rings. The third-order valence-corrected chi connectivity index (χ3v) is 7.20. The largest absolute Gasteiger partial charge is 0.465 e. The normalized spacial score (nSPS) is 14.1. The van der Waals surface area contributed by atoms with Crippen LogP contribution < -0.4 is 4.72 Å². The zero-order valence-corrected chi connectivity index (χ0v) is 19.5. The molecule has 0 spiro atoms. The van der Waals surface area contributed by atoms with Gasteiger partial charge in [-0.2, -0.15) is 0 Å². The van der Waals surface area contributed by atoms with Gasteiger partial charge in [0.05, 0.1) is 9.71 Å². The van der Waals surface area contributed by atoms with E-state index in [0.717, 1.165) is 27.2 Å². The number of nitrogens with one attached hydrogen (secondary N) is 1. The minimum absolute atomic E-state index is 0.104. The minimum atomic E-state index is -2.83. The highest BCUT2D eigenvalue weighted by Gasteiger charge is 2.32. The fraction of sp³-hybridized carbons (Fsp3) is 0.130. The first-order valence-corrected chi connectivity index (χ1v) is 12.5. The lowest BCUT2D eigenvalue weighted by Gasteiger charge is -2.25. The number of hydrogen-bond donors (Lipinski definition) is 2. The molecule has 164 valence electrons. The van der Waals surface area contributed by atoms with Gasteiger partial charge in [0.1, 0.15) is 5.15 Å². The number of aromatic nitrogens is 1. The Morgan fingerprint density at radius 1 is 1.16 bits per heavy atom. The second-order valence-electron chi connectivity index (χ2n) is 7.46.